The van der Waals surface area contributed by atoms with Crippen LogP contribution in [0.2, 0.25) is 0 Å². The summed E-state index contributed by atoms with van der Waals surface area (Å²) in [5.41, 5.74) is -0.633. The molecule has 118 valence electrons. The summed E-state index contributed by atoms with van der Waals surface area (Å²) in [6, 6.07) is 0.656. The third-order valence-electron chi connectivity index (χ3n) is 4.07. The van der Waals surface area contributed by atoms with Crippen molar-refractivity contribution in [2.24, 2.45) is 0 Å². The van der Waals surface area contributed by atoms with Crippen molar-refractivity contribution in [2.75, 3.05) is 6.61 Å². The first-order valence-corrected chi connectivity index (χ1v) is 7.96. The van der Waals surface area contributed by atoms with Gasteiger partial charge in [0.15, 0.2) is 0 Å². The van der Waals surface area contributed by atoms with E-state index in [0.717, 1.165) is 25.1 Å². The van der Waals surface area contributed by atoms with Crippen molar-refractivity contribution < 1.29 is 9.53 Å². The number of carbonyl (C=O) groups is 1. The highest BCUT2D eigenvalue weighted by Gasteiger charge is 2.41. The van der Waals surface area contributed by atoms with Gasteiger partial charge in [0.2, 0.25) is 0 Å². The maximum absolute atomic E-state index is 12.4. The summed E-state index contributed by atoms with van der Waals surface area (Å²) in [6.45, 7) is 8.46. The highest BCUT2D eigenvalue weighted by molar-refractivity contribution is 5.80. The van der Waals surface area contributed by atoms with Crippen LogP contribution in [-0.2, 0) is 16.0 Å². The zero-order valence-electron chi connectivity index (χ0n) is 13.6. The second kappa shape index (κ2) is 6.60. The van der Waals surface area contributed by atoms with Crippen molar-refractivity contribution in [2.45, 2.75) is 71.0 Å². The molecule has 1 aromatic rings. The number of aromatic nitrogens is 2. The first-order chi connectivity index (χ1) is 10.00. The molecule has 0 amide bonds. The first kappa shape index (κ1) is 16.0. The number of hydrogen-bond acceptors (Lipinski definition) is 4. The maximum Gasteiger partial charge on any atom is 0.326 e. The molecule has 21 heavy (non-hydrogen) atoms. The van der Waals surface area contributed by atoms with Gasteiger partial charge in [-0.1, -0.05) is 6.92 Å². The minimum atomic E-state index is -0.633. The lowest BCUT2D eigenvalue weighted by Gasteiger charge is -2.32. The quantitative estimate of drug-likeness (QED) is 0.748. The molecule has 5 nitrogen and oxygen atoms in total. The standard InChI is InChI=1S/C16H27N3O2/c1-5-14-17-9-10-19(14)12(3)11-16(4,15(20)21-6-2)18-13-7-8-13/h9-10,12-13,18H,5-8,11H2,1-4H3. The average Bonchev–Trinajstić information content (AvgIpc) is 3.11. The van der Waals surface area contributed by atoms with Gasteiger partial charge in [-0.3, -0.25) is 10.1 Å². The predicted octanol–water partition coefficient (Wildman–Crippen LogP) is 2.47. The molecule has 0 saturated heterocycles. The molecular weight excluding hydrogens is 266 g/mol. The van der Waals surface area contributed by atoms with Gasteiger partial charge in [-0.15, -0.1) is 0 Å². The Labute approximate surface area is 127 Å². The molecular formula is C16H27N3O2. The van der Waals surface area contributed by atoms with Gasteiger partial charge in [-0.25, -0.2) is 4.98 Å². The van der Waals surface area contributed by atoms with Crippen molar-refractivity contribution in [3.05, 3.63) is 18.2 Å². The molecule has 1 N–H and O–H groups in total. The number of carbonyl (C=O) groups excluding carboxylic acids is 1. The molecule has 5 heteroatoms. The molecule has 0 aliphatic heterocycles. The summed E-state index contributed by atoms with van der Waals surface area (Å²) in [5.74, 6) is 0.905. The van der Waals surface area contributed by atoms with E-state index in [9.17, 15) is 4.79 Å². The number of esters is 1. The van der Waals surface area contributed by atoms with E-state index in [1.54, 1.807) is 0 Å². The van der Waals surface area contributed by atoms with Gasteiger partial charge in [0.1, 0.15) is 11.4 Å². The molecule has 1 aliphatic carbocycles. The Morgan fingerprint density at radius 3 is 2.86 bits per heavy atom. The second-order valence-electron chi connectivity index (χ2n) is 6.13. The molecule has 1 aliphatic rings. The van der Waals surface area contributed by atoms with Crippen LogP contribution in [0.15, 0.2) is 12.4 Å². The molecule has 1 heterocycles. The van der Waals surface area contributed by atoms with Crippen LogP contribution in [0.4, 0.5) is 0 Å². The number of ether oxygens (including phenoxy) is 1. The van der Waals surface area contributed by atoms with Crippen LogP contribution in [-0.4, -0.2) is 33.7 Å². The lowest BCUT2D eigenvalue weighted by atomic mass is 9.93. The van der Waals surface area contributed by atoms with Gasteiger partial charge in [0.25, 0.3) is 0 Å². The molecule has 2 rings (SSSR count). The van der Waals surface area contributed by atoms with Crippen molar-refractivity contribution in [3.63, 3.8) is 0 Å². The molecule has 1 fully saturated rings. The van der Waals surface area contributed by atoms with Gasteiger partial charge in [0, 0.05) is 30.9 Å². The summed E-state index contributed by atoms with van der Waals surface area (Å²) < 4.78 is 7.44. The minimum Gasteiger partial charge on any atom is -0.465 e. The number of imidazole rings is 1. The normalized spacial score (nSPS) is 19.0. The maximum atomic E-state index is 12.4. The SMILES string of the molecule is CCOC(=O)C(C)(CC(C)n1ccnc1CC)NC1CC1. The minimum absolute atomic E-state index is 0.151. The number of rotatable bonds is 8. The number of hydrogen-bond donors (Lipinski definition) is 1. The van der Waals surface area contributed by atoms with E-state index < -0.39 is 5.54 Å². The summed E-state index contributed by atoms with van der Waals surface area (Å²) in [4.78, 5) is 16.7. The Morgan fingerprint density at radius 1 is 1.57 bits per heavy atom. The number of nitrogens with zero attached hydrogens (tertiary/aromatic N) is 2. The largest absolute Gasteiger partial charge is 0.465 e. The highest BCUT2D eigenvalue weighted by Crippen LogP contribution is 2.29. The van der Waals surface area contributed by atoms with Gasteiger partial charge in [0.05, 0.1) is 6.61 Å². The Bertz CT molecular complexity index is 482. The zero-order chi connectivity index (χ0) is 15.5. The van der Waals surface area contributed by atoms with Crippen molar-refractivity contribution in [3.8, 4) is 0 Å². The number of aryl methyl sites for hydroxylation is 1. The van der Waals surface area contributed by atoms with E-state index in [4.69, 9.17) is 4.74 Å². The summed E-state index contributed by atoms with van der Waals surface area (Å²) in [6.07, 6.45) is 7.70. The first-order valence-electron chi connectivity index (χ1n) is 7.96. The lowest BCUT2D eigenvalue weighted by Crippen LogP contribution is -2.52. The highest BCUT2D eigenvalue weighted by atomic mass is 16.5. The lowest BCUT2D eigenvalue weighted by molar-refractivity contribution is -0.151. The van der Waals surface area contributed by atoms with Crippen LogP contribution < -0.4 is 5.32 Å². The molecule has 0 spiro atoms. The number of nitrogens with one attached hydrogen (secondary N) is 1. The molecule has 0 radical (unpaired) electrons. The van der Waals surface area contributed by atoms with Gasteiger partial charge >= 0.3 is 5.97 Å². The van der Waals surface area contributed by atoms with E-state index in [1.807, 2.05) is 26.2 Å². The summed E-state index contributed by atoms with van der Waals surface area (Å²) in [5, 5.41) is 3.47. The topological polar surface area (TPSA) is 56.2 Å². The van der Waals surface area contributed by atoms with Crippen LogP contribution in [0.25, 0.3) is 0 Å². The summed E-state index contributed by atoms with van der Waals surface area (Å²) >= 11 is 0. The Kier molecular flexibility index (Phi) is 5.04. The van der Waals surface area contributed by atoms with Crippen LogP contribution >= 0.6 is 0 Å². The van der Waals surface area contributed by atoms with Crippen LogP contribution in [0.5, 0.6) is 0 Å². The van der Waals surface area contributed by atoms with Crippen molar-refractivity contribution in [1.29, 1.82) is 0 Å². The van der Waals surface area contributed by atoms with Gasteiger partial charge in [-0.2, -0.15) is 0 Å². The van der Waals surface area contributed by atoms with E-state index in [1.165, 1.54) is 0 Å². The third-order valence-corrected chi connectivity index (χ3v) is 4.07. The van der Waals surface area contributed by atoms with E-state index in [-0.39, 0.29) is 12.0 Å². The van der Waals surface area contributed by atoms with E-state index in [0.29, 0.717) is 19.1 Å². The molecule has 0 aromatic carbocycles. The Hall–Kier alpha value is -1.36. The fourth-order valence-corrected chi connectivity index (χ4v) is 2.88. The predicted molar refractivity (Wildman–Crippen MR) is 82.1 cm³/mol. The molecule has 2 atom stereocenters. The van der Waals surface area contributed by atoms with Crippen LogP contribution in [0, 0.1) is 0 Å². The van der Waals surface area contributed by atoms with Crippen molar-refractivity contribution in [1.82, 2.24) is 14.9 Å². The molecule has 2 unspecified atom stereocenters. The monoisotopic (exact) mass is 293 g/mol. The van der Waals surface area contributed by atoms with Crippen LogP contribution in [0.1, 0.15) is 58.8 Å². The van der Waals surface area contributed by atoms with Crippen LogP contribution in [0.3, 0.4) is 0 Å². The third kappa shape index (κ3) is 3.84. The molecule has 0 bridgehead atoms. The van der Waals surface area contributed by atoms with Crippen molar-refractivity contribution >= 4 is 5.97 Å². The molecule has 1 saturated carbocycles. The van der Waals surface area contributed by atoms with Gasteiger partial charge < -0.3 is 9.30 Å². The van der Waals surface area contributed by atoms with Gasteiger partial charge in [-0.05, 0) is 40.0 Å². The summed E-state index contributed by atoms with van der Waals surface area (Å²) in [7, 11) is 0. The fourth-order valence-electron chi connectivity index (χ4n) is 2.88. The van der Waals surface area contributed by atoms with E-state index in [2.05, 4.69) is 28.7 Å². The Balaban J connectivity index is 2.11. The zero-order valence-corrected chi connectivity index (χ0v) is 13.6. The van der Waals surface area contributed by atoms with E-state index >= 15 is 0 Å². The second-order valence-corrected chi connectivity index (χ2v) is 6.13. The smallest absolute Gasteiger partial charge is 0.326 e. The average molecular weight is 293 g/mol. The Morgan fingerprint density at radius 2 is 2.29 bits per heavy atom. The molecule has 1 aromatic heterocycles. The fraction of sp³-hybridized carbons (Fsp3) is 0.750.